The molecule has 6 aromatic rings. The summed E-state index contributed by atoms with van der Waals surface area (Å²) in [4.78, 5) is 47.7. The van der Waals surface area contributed by atoms with E-state index in [0.717, 1.165) is 0 Å². The molecule has 0 saturated heterocycles. The third-order valence-electron chi connectivity index (χ3n) is 7.69. The Balaban J connectivity index is 0.000000248. The average molecular weight is 815 g/mol. The number of benzene rings is 4. The van der Waals surface area contributed by atoms with Crippen molar-refractivity contribution in [2.75, 3.05) is 40.6 Å². The maximum atomic E-state index is 12.2. The van der Waals surface area contributed by atoms with Gasteiger partial charge in [0.15, 0.2) is 0 Å². The van der Waals surface area contributed by atoms with Crippen molar-refractivity contribution in [3.8, 4) is 34.5 Å². The second kappa shape index (κ2) is 22.5. The standard InChI is InChI=1S/2C22H19O6.Fe/c2*1-25-18-10-12-20(13-11-18)28-22(24)17-6-8-19(9-7-17)26-14-15-27-21(23)16-4-2-3-5-16;/h2*2-13H,14-15H2,1H3;/q-5;-1;. The van der Waals surface area contributed by atoms with Crippen LogP contribution in [-0.2, 0) is 26.5 Å². The Kier molecular flexibility index (Phi) is 17.0. The van der Waals surface area contributed by atoms with Gasteiger partial charge >= 0.3 is 11.9 Å². The smallest absolute Gasteiger partial charge is 0.343 e. The predicted octanol–water partition coefficient (Wildman–Crippen LogP) is 7.74. The van der Waals surface area contributed by atoms with E-state index in [4.69, 9.17) is 37.9 Å². The maximum absolute atomic E-state index is 12.2. The van der Waals surface area contributed by atoms with Crippen molar-refractivity contribution in [2.45, 2.75) is 0 Å². The van der Waals surface area contributed by atoms with Crippen LogP contribution in [0.15, 0.2) is 146 Å². The number of hydrogen-bond acceptors (Lipinski definition) is 12. The van der Waals surface area contributed by atoms with Gasteiger partial charge in [-0.1, -0.05) is 11.5 Å². The molecule has 0 unspecified atom stereocenters. The monoisotopic (exact) mass is 814 g/mol. The van der Waals surface area contributed by atoms with Crippen LogP contribution in [0.25, 0.3) is 0 Å². The summed E-state index contributed by atoms with van der Waals surface area (Å²) in [5.41, 5.74) is 1.82. The normalized spacial score (nSPS) is 10.0. The van der Waals surface area contributed by atoms with Gasteiger partial charge in [0, 0.05) is 17.1 Å². The van der Waals surface area contributed by atoms with Crippen LogP contribution in [0.3, 0.4) is 0 Å². The van der Waals surface area contributed by atoms with E-state index < -0.39 is 11.9 Å². The Morgan fingerprint density at radius 2 is 0.860 bits per heavy atom. The van der Waals surface area contributed by atoms with Gasteiger partial charge in [-0.2, -0.15) is 12.1 Å². The summed E-state index contributed by atoms with van der Waals surface area (Å²) in [5, 5.41) is 0. The number of hydrogen-bond donors (Lipinski definition) is 0. The van der Waals surface area contributed by atoms with Crippen molar-refractivity contribution in [2.24, 2.45) is 0 Å². The first kappa shape index (κ1) is 42.9. The van der Waals surface area contributed by atoms with Crippen molar-refractivity contribution >= 4 is 23.9 Å². The van der Waals surface area contributed by atoms with Crippen LogP contribution in [-0.4, -0.2) is 64.5 Å². The van der Waals surface area contributed by atoms with Gasteiger partial charge in [-0.25, -0.2) is 21.7 Å². The van der Waals surface area contributed by atoms with E-state index in [9.17, 15) is 19.2 Å². The third-order valence-corrected chi connectivity index (χ3v) is 7.69. The van der Waals surface area contributed by atoms with Crippen molar-refractivity contribution in [3.63, 3.8) is 0 Å². The first-order chi connectivity index (χ1) is 27.3. The van der Waals surface area contributed by atoms with Crippen molar-refractivity contribution in [3.05, 3.63) is 168 Å². The first-order valence-electron chi connectivity index (χ1n) is 17.3. The van der Waals surface area contributed by atoms with E-state index in [1.54, 1.807) is 160 Å². The van der Waals surface area contributed by atoms with Gasteiger partial charge in [0.1, 0.15) is 54.3 Å². The van der Waals surface area contributed by atoms with Crippen LogP contribution in [0.5, 0.6) is 34.5 Å². The van der Waals surface area contributed by atoms with Crippen LogP contribution in [0, 0.1) is 0 Å². The molecule has 6 aromatic carbocycles. The zero-order valence-corrected chi connectivity index (χ0v) is 32.0. The Hall–Kier alpha value is -6.82. The molecule has 57 heavy (non-hydrogen) atoms. The van der Waals surface area contributed by atoms with Crippen molar-refractivity contribution in [1.29, 1.82) is 0 Å². The fraction of sp³-hybridized carbons (Fsp3) is 0.136. The summed E-state index contributed by atoms with van der Waals surface area (Å²) in [6, 6.07) is 40.4. The van der Waals surface area contributed by atoms with Crippen LogP contribution < -0.4 is 28.4 Å². The molecule has 0 heterocycles. The minimum atomic E-state index is -0.472. The molecule has 0 aliphatic carbocycles. The molecule has 6 rings (SSSR count). The van der Waals surface area contributed by atoms with Gasteiger partial charge in [-0.3, -0.25) is 4.79 Å². The number of ether oxygens (including phenoxy) is 8. The Morgan fingerprint density at radius 1 is 0.491 bits per heavy atom. The number of methoxy groups -OCH3 is 2. The molecule has 0 N–H and O–H groups in total. The molecule has 0 saturated carbocycles. The topological polar surface area (TPSA) is 142 Å². The van der Waals surface area contributed by atoms with Crippen LogP contribution in [0.2, 0.25) is 0 Å². The zero-order valence-electron chi connectivity index (χ0n) is 30.9. The van der Waals surface area contributed by atoms with E-state index >= 15 is 0 Å². The summed E-state index contributed by atoms with van der Waals surface area (Å²) in [5.74, 6) is 1.63. The predicted molar refractivity (Wildman–Crippen MR) is 204 cm³/mol. The maximum Gasteiger partial charge on any atom is 0.343 e. The summed E-state index contributed by atoms with van der Waals surface area (Å²) in [6.45, 7) is 0.681. The molecule has 12 nitrogen and oxygen atoms in total. The van der Waals surface area contributed by atoms with Gasteiger partial charge in [0.2, 0.25) is 0 Å². The second-order valence-corrected chi connectivity index (χ2v) is 11.5. The molecule has 0 bridgehead atoms. The summed E-state index contributed by atoms with van der Waals surface area (Å²) < 4.78 is 42.0. The van der Waals surface area contributed by atoms with Gasteiger partial charge in [0.05, 0.1) is 32.0 Å². The first-order valence-corrected chi connectivity index (χ1v) is 17.3. The van der Waals surface area contributed by atoms with Gasteiger partial charge in [-0.05, 0) is 97.1 Å². The van der Waals surface area contributed by atoms with E-state index in [1.165, 1.54) is 0 Å². The van der Waals surface area contributed by atoms with Crippen LogP contribution >= 0.6 is 0 Å². The Labute approximate surface area is 340 Å². The molecule has 13 heteroatoms. The molecule has 0 aliphatic heterocycles. The molecule has 0 aliphatic rings. The van der Waals surface area contributed by atoms with Gasteiger partial charge < -0.3 is 72.5 Å². The third kappa shape index (κ3) is 13.8. The fourth-order valence-corrected chi connectivity index (χ4v) is 4.77. The van der Waals surface area contributed by atoms with E-state index in [1.807, 2.05) is 0 Å². The van der Waals surface area contributed by atoms with Gasteiger partial charge in [-0.15, -0.1) is 0 Å². The molecular weight excluding hydrogens is 776 g/mol. The molecule has 0 aromatic heterocycles. The number of carbonyl (C=O) groups excluding carboxylic acids is 4. The molecule has 300 valence electrons. The number of rotatable bonds is 16. The minimum Gasteiger partial charge on any atom is -0.680 e. The quantitative estimate of drug-likeness (QED) is 0.0310. The summed E-state index contributed by atoms with van der Waals surface area (Å²) >= 11 is 0. The molecular formula is C44H38FeO12-6. The molecule has 0 fully saturated rings. The largest absolute Gasteiger partial charge is 0.680 e. The van der Waals surface area contributed by atoms with Gasteiger partial charge in [0.25, 0.3) is 5.97 Å². The molecule has 0 radical (unpaired) electrons. The average Bonchev–Trinajstić information content (AvgIpc) is 3.99. The fourth-order valence-electron chi connectivity index (χ4n) is 4.77. The Bertz CT molecular complexity index is 1950. The van der Waals surface area contributed by atoms with E-state index in [2.05, 4.69) is 0 Å². The molecule has 0 atom stereocenters. The zero-order chi connectivity index (χ0) is 39.5. The summed E-state index contributed by atoms with van der Waals surface area (Å²) in [7, 11) is 3.13. The molecule has 0 amide bonds. The van der Waals surface area contributed by atoms with E-state index in [0.29, 0.717) is 56.8 Å². The van der Waals surface area contributed by atoms with Crippen LogP contribution in [0.4, 0.5) is 0 Å². The summed E-state index contributed by atoms with van der Waals surface area (Å²) in [6.07, 6.45) is 0. The number of carbonyl (C=O) groups is 4. The molecule has 0 spiro atoms. The second-order valence-electron chi connectivity index (χ2n) is 11.5. The van der Waals surface area contributed by atoms with E-state index in [-0.39, 0.29) is 55.4 Å². The SMILES string of the molecule is COc1ccc(OC(=O)c2ccc(OCCOC(=O)[c-]3[cH-][cH-][cH-][cH-]3)cc2)cc1.COc1ccc(OC(=O)c2ccc(OCCOC(=O)[c-]3cccc3)cc2)cc1.[Fe]. The number of esters is 4. The van der Waals surface area contributed by atoms with Crippen molar-refractivity contribution < 1.29 is 74.1 Å². The van der Waals surface area contributed by atoms with Crippen LogP contribution in [0.1, 0.15) is 41.4 Å². The minimum absolute atomic E-state index is 0. The van der Waals surface area contributed by atoms with Crippen molar-refractivity contribution in [1.82, 2.24) is 0 Å². The Morgan fingerprint density at radius 3 is 1.26 bits per heavy atom.